The van der Waals surface area contributed by atoms with Crippen LogP contribution < -0.4 is 5.32 Å². The molecule has 21 heavy (non-hydrogen) atoms. The van der Waals surface area contributed by atoms with Gasteiger partial charge in [0.15, 0.2) is 0 Å². The van der Waals surface area contributed by atoms with Gasteiger partial charge in [0, 0.05) is 5.69 Å². The summed E-state index contributed by atoms with van der Waals surface area (Å²) in [7, 11) is 0. The molecule has 4 heteroatoms. The lowest BCUT2D eigenvalue weighted by Gasteiger charge is -2.28. The zero-order valence-electron chi connectivity index (χ0n) is 12.7. The number of carboxylic acid groups (broad SMARTS) is 1. The highest BCUT2D eigenvalue weighted by Crippen LogP contribution is 2.32. The second kappa shape index (κ2) is 6.74. The summed E-state index contributed by atoms with van der Waals surface area (Å²) in [6.45, 7) is 4.01. The summed E-state index contributed by atoms with van der Waals surface area (Å²) in [5, 5.41) is 12.3. The van der Waals surface area contributed by atoms with Crippen molar-refractivity contribution < 1.29 is 14.7 Å². The summed E-state index contributed by atoms with van der Waals surface area (Å²) in [6, 6.07) is 5.94. The molecule has 114 valence electrons. The Kier molecular flexibility index (Phi) is 4.99. The van der Waals surface area contributed by atoms with Crippen LogP contribution in [0.4, 0.5) is 5.69 Å². The van der Waals surface area contributed by atoms with Crippen LogP contribution in [0.15, 0.2) is 18.2 Å². The number of rotatable bonds is 4. The number of aliphatic carboxylic acids is 1. The molecule has 1 aliphatic carbocycles. The number of benzene rings is 1. The third-order valence-electron chi connectivity index (χ3n) is 4.41. The molecule has 1 saturated carbocycles. The van der Waals surface area contributed by atoms with E-state index in [-0.39, 0.29) is 5.91 Å². The van der Waals surface area contributed by atoms with E-state index in [1.165, 1.54) is 0 Å². The number of carboxylic acids is 1. The molecular formula is C17H23NO3. The van der Waals surface area contributed by atoms with E-state index in [4.69, 9.17) is 0 Å². The van der Waals surface area contributed by atoms with Gasteiger partial charge >= 0.3 is 5.97 Å². The van der Waals surface area contributed by atoms with Crippen molar-refractivity contribution in [1.82, 2.24) is 0 Å². The zero-order chi connectivity index (χ0) is 15.4. The number of hydrogen-bond acceptors (Lipinski definition) is 2. The Bertz CT molecular complexity index is 539. The highest BCUT2D eigenvalue weighted by atomic mass is 16.4. The molecule has 2 N–H and O–H groups in total. The Morgan fingerprint density at radius 3 is 2.52 bits per heavy atom. The van der Waals surface area contributed by atoms with Crippen molar-refractivity contribution in [2.24, 2.45) is 11.8 Å². The molecule has 0 unspecified atom stereocenters. The molecule has 0 bridgehead atoms. The highest BCUT2D eigenvalue weighted by molar-refractivity contribution is 5.96. The average molecular weight is 289 g/mol. The van der Waals surface area contributed by atoms with Crippen molar-refractivity contribution in [1.29, 1.82) is 0 Å². The maximum atomic E-state index is 12.5. The van der Waals surface area contributed by atoms with Crippen molar-refractivity contribution in [3.8, 4) is 0 Å². The van der Waals surface area contributed by atoms with Crippen LogP contribution in [0, 0.1) is 18.8 Å². The third kappa shape index (κ3) is 3.43. The van der Waals surface area contributed by atoms with E-state index in [9.17, 15) is 14.7 Å². The van der Waals surface area contributed by atoms with E-state index in [0.717, 1.165) is 36.1 Å². The van der Waals surface area contributed by atoms with Gasteiger partial charge in [-0.1, -0.05) is 38.0 Å². The van der Waals surface area contributed by atoms with Gasteiger partial charge in [-0.3, -0.25) is 9.59 Å². The molecule has 0 radical (unpaired) electrons. The van der Waals surface area contributed by atoms with E-state index >= 15 is 0 Å². The van der Waals surface area contributed by atoms with E-state index in [0.29, 0.717) is 12.8 Å². The molecule has 1 amide bonds. The molecule has 2 atom stereocenters. The lowest BCUT2D eigenvalue weighted by molar-refractivity contribution is -0.147. The fourth-order valence-corrected chi connectivity index (χ4v) is 3.16. The van der Waals surface area contributed by atoms with Crippen molar-refractivity contribution in [2.75, 3.05) is 5.32 Å². The van der Waals surface area contributed by atoms with Crippen LogP contribution in [0.5, 0.6) is 0 Å². The average Bonchev–Trinajstić information content (AvgIpc) is 2.49. The van der Waals surface area contributed by atoms with Gasteiger partial charge in [-0.25, -0.2) is 0 Å². The van der Waals surface area contributed by atoms with Crippen LogP contribution in [-0.2, 0) is 16.0 Å². The van der Waals surface area contributed by atoms with Crippen LogP contribution in [0.2, 0.25) is 0 Å². The molecule has 4 nitrogen and oxygen atoms in total. The summed E-state index contributed by atoms with van der Waals surface area (Å²) < 4.78 is 0. The Morgan fingerprint density at radius 2 is 1.90 bits per heavy atom. The minimum Gasteiger partial charge on any atom is -0.481 e. The number of para-hydroxylation sites is 1. The van der Waals surface area contributed by atoms with Gasteiger partial charge in [0.1, 0.15) is 0 Å². The fraction of sp³-hybridized carbons (Fsp3) is 0.529. The van der Waals surface area contributed by atoms with Gasteiger partial charge < -0.3 is 10.4 Å². The quantitative estimate of drug-likeness (QED) is 0.893. The number of nitrogens with one attached hydrogen (secondary N) is 1. The lowest BCUT2D eigenvalue weighted by Crippen LogP contribution is -2.36. The van der Waals surface area contributed by atoms with E-state index in [2.05, 4.69) is 5.32 Å². The predicted octanol–water partition coefficient (Wildman–Crippen LogP) is 3.39. The maximum Gasteiger partial charge on any atom is 0.307 e. The smallest absolute Gasteiger partial charge is 0.307 e. The first-order chi connectivity index (χ1) is 10.0. The molecule has 1 aromatic rings. The predicted molar refractivity (Wildman–Crippen MR) is 82.3 cm³/mol. The fourth-order valence-electron chi connectivity index (χ4n) is 3.16. The van der Waals surface area contributed by atoms with Gasteiger partial charge in [-0.05, 0) is 37.3 Å². The number of carbonyl (C=O) groups excluding carboxylic acids is 1. The molecule has 0 aromatic heterocycles. The molecule has 1 aromatic carbocycles. The number of hydrogen-bond donors (Lipinski definition) is 2. The zero-order valence-corrected chi connectivity index (χ0v) is 12.7. The topological polar surface area (TPSA) is 66.4 Å². The molecular weight excluding hydrogens is 266 g/mol. The summed E-state index contributed by atoms with van der Waals surface area (Å²) in [5.41, 5.74) is 2.95. The first kappa shape index (κ1) is 15.5. The number of carbonyl (C=O) groups is 2. The molecule has 1 fully saturated rings. The van der Waals surface area contributed by atoms with E-state index in [1.54, 1.807) is 0 Å². The third-order valence-corrected chi connectivity index (χ3v) is 4.41. The van der Waals surface area contributed by atoms with Crippen LogP contribution in [0.3, 0.4) is 0 Å². The van der Waals surface area contributed by atoms with E-state index in [1.807, 2.05) is 32.0 Å². The number of aryl methyl sites for hydroxylation is 2. The molecule has 1 aliphatic rings. The molecule has 0 saturated heterocycles. The lowest BCUT2D eigenvalue weighted by atomic mass is 9.78. The van der Waals surface area contributed by atoms with Crippen LogP contribution in [0.1, 0.15) is 43.7 Å². The first-order valence-corrected chi connectivity index (χ1v) is 7.66. The van der Waals surface area contributed by atoms with Crippen molar-refractivity contribution >= 4 is 17.6 Å². The first-order valence-electron chi connectivity index (χ1n) is 7.66. The van der Waals surface area contributed by atoms with Gasteiger partial charge in [-0.2, -0.15) is 0 Å². The molecule has 0 aliphatic heterocycles. The van der Waals surface area contributed by atoms with Gasteiger partial charge in [-0.15, -0.1) is 0 Å². The minimum absolute atomic E-state index is 0.147. The second-order valence-corrected chi connectivity index (χ2v) is 5.79. The van der Waals surface area contributed by atoms with Crippen molar-refractivity contribution in [3.63, 3.8) is 0 Å². The van der Waals surface area contributed by atoms with Gasteiger partial charge in [0.2, 0.25) is 5.91 Å². The minimum atomic E-state index is -0.852. The Labute approximate surface area is 125 Å². The van der Waals surface area contributed by atoms with Crippen molar-refractivity contribution in [3.05, 3.63) is 29.3 Å². The van der Waals surface area contributed by atoms with Gasteiger partial charge in [0.25, 0.3) is 0 Å². The summed E-state index contributed by atoms with van der Waals surface area (Å²) in [6.07, 6.45) is 3.92. The monoisotopic (exact) mass is 289 g/mol. The number of anilines is 1. The summed E-state index contributed by atoms with van der Waals surface area (Å²) in [5.74, 6) is -1.96. The van der Waals surface area contributed by atoms with Crippen molar-refractivity contribution in [2.45, 2.75) is 46.0 Å². The summed E-state index contributed by atoms with van der Waals surface area (Å²) in [4.78, 5) is 23.9. The Hall–Kier alpha value is -1.84. The molecule has 0 spiro atoms. The highest BCUT2D eigenvalue weighted by Gasteiger charge is 2.35. The van der Waals surface area contributed by atoms with Crippen LogP contribution >= 0.6 is 0 Å². The van der Waals surface area contributed by atoms with Gasteiger partial charge in [0.05, 0.1) is 11.8 Å². The Balaban J connectivity index is 2.19. The largest absolute Gasteiger partial charge is 0.481 e. The number of amides is 1. The van der Waals surface area contributed by atoms with Crippen LogP contribution in [-0.4, -0.2) is 17.0 Å². The normalized spacial score (nSPS) is 21.8. The standard InChI is InChI=1S/C17H23NO3/c1-3-12-8-6-7-11(2)15(12)18-16(19)13-9-4-5-10-14(13)17(20)21/h6-8,13-14H,3-5,9-10H2,1-2H3,(H,18,19)(H,20,21)/t13-,14+/m0/s1. The second-order valence-electron chi connectivity index (χ2n) is 5.79. The Morgan fingerprint density at radius 1 is 1.24 bits per heavy atom. The molecule has 2 rings (SSSR count). The SMILES string of the molecule is CCc1cccc(C)c1NC(=O)[C@H]1CCCC[C@H]1C(=O)O. The summed E-state index contributed by atoms with van der Waals surface area (Å²) >= 11 is 0. The van der Waals surface area contributed by atoms with E-state index < -0.39 is 17.8 Å². The van der Waals surface area contributed by atoms with Crippen LogP contribution in [0.25, 0.3) is 0 Å². The maximum absolute atomic E-state index is 12.5. The molecule has 0 heterocycles.